The molecule has 0 aromatic heterocycles. The van der Waals surface area contributed by atoms with E-state index in [1.165, 1.54) is 16.7 Å². The Labute approximate surface area is 188 Å². The van der Waals surface area contributed by atoms with Crippen molar-refractivity contribution in [2.45, 2.75) is 37.6 Å². The van der Waals surface area contributed by atoms with Crippen LogP contribution in [-0.2, 0) is 11.2 Å². The number of hydrogen-bond acceptors (Lipinski definition) is 4. The van der Waals surface area contributed by atoms with Gasteiger partial charge in [-0.15, -0.1) is 0 Å². The number of amides is 1. The molecule has 2 aromatic carbocycles. The van der Waals surface area contributed by atoms with Crippen LogP contribution in [0.4, 0.5) is 5.69 Å². The second-order valence-corrected chi connectivity index (χ2v) is 9.46. The fourth-order valence-electron chi connectivity index (χ4n) is 4.92. The maximum Gasteiger partial charge on any atom is 0.231 e. The van der Waals surface area contributed by atoms with Crippen LogP contribution in [0.5, 0.6) is 0 Å². The number of carbonyl (C=O) groups excluding carboxylic acids is 1. The molecule has 31 heavy (non-hydrogen) atoms. The van der Waals surface area contributed by atoms with E-state index in [0.29, 0.717) is 6.54 Å². The van der Waals surface area contributed by atoms with E-state index in [-0.39, 0.29) is 23.8 Å². The molecule has 0 spiro atoms. The molecule has 3 atom stereocenters. The average molecular weight is 437 g/mol. The summed E-state index contributed by atoms with van der Waals surface area (Å²) in [6.45, 7) is 2.20. The Morgan fingerprint density at radius 3 is 2.81 bits per heavy atom. The van der Waals surface area contributed by atoms with Crippen LogP contribution < -0.4 is 10.6 Å². The maximum atomic E-state index is 13.7. The molecule has 1 amide bonds. The first-order valence-corrected chi connectivity index (χ1v) is 11.6. The maximum absolute atomic E-state index is 13.7. The Morgan fingerprint density at radius 1 is 1.26 bits per heavy atom. The van der Waals surface area contributed by atoms with E-state index in [2.05, 4.69) is 28.1 Å². The van der Waals surface area contributed by atoms with Crippen molar-refractivity contribution >= 4 is 29.0 Å². The number of amidine groups is 1. The number of nitrogens with zero attached hydrogens (tertiary/aromatic N) is 3. The molecule has 2 aromatic rings. The minimum atomic E-state index is -0.00168. The van der Waals surface area contributed by atoms with Gasteiger partial charge in [0.05, 0.1) is 13.1 Å². The standard InChI is InChI=1S/C25H29ClN4O/c1-29-12-11-28-24(29)15-30(19-10-7-16-3-2-4-23(27)21(16)13-19)25(31)22-14-20(22)17-5-8-18(26)9-6-17/h5-10,13,20,22-23H,2-4,11-12,14-15,27H2,1H3/t20-,22+,23?/m1/s1. The van der Waals surface area contributed by atoms with E-state index in [9.17, 15) is 4.79 Å². The quantitative estimate of drug-likeness (QED) is 0.765. The molecule has 1 unspecified atom stereocenters. The van der Waals surface area contributed by atoms with E-state index in [1.54, 1.807) is 0 Å². The first kappa shape index (κ1) is 20.5. The Hall–Kier alpha value is -2.37. The molecule has 1 saturated carbocycles. The molecule has 1 fully saturated rings. The summed E-state index contributed by atoms with van der Waals surface area (Å²) < 4.78 is 0. The van der Waals surface area contributed by atoms with Gasteiger partial charge < -0.3 is 15.5 Å². The van der Waals surface area contributed by atoms with Crippen molar-refractivity contribution in [2.24, 2.45) is 16.6 Å². The third-order valence-electron chi connectivity index (χ3n) is 6.94. The van der Waals surface area contributed by atoms with Crippen LogP contribution in [0.15, 0.2) is 47.5 Å². The van der Waals surface area contributed by atoms with Crippen LogP contribution in [0.2, 0.25) is 5.02 Å². The van der Waals surface area contributed by atoms with Crippen LogP contribution in [-0.4, -0.2) is 43.3 Å². The molecule has 5 nitrogen and oxygen atoms in total. The fourth-order valence-corrected chi connectivity index (χ4v) is 5.05. The zero-order chi connectivity index (χ0) is 21.5. The molecular formula is C25H29ClN4O. The number of aryl methyl sites for hydroxylation is 1. The first-order chi connectivity index (χ1) is 15.0. The Balaban J connectivity index is 1.43. The summed E-state index contributed by atoms with van der Waals surface area (Å²) in [6, 6.07) is 14.3. The lowest BCUT2D eigenvalue weighted by Crippen LogP contribution is -2.41. The van der Waals surface area contributed by atoms with Gasteiger partial charge in [-0.2, -0.15) is 0 Å². The van der Waals surface area contributed by atoms with Crippen LogP contribution in [0, 0.1) is 5.92 Å². The summed E-state index contributed by atoms with van der Waals surface area (Å²) in [5, 5.41) is 0.724. The molecule has 6 heteroatoms. The van der Waals surface area contributed by atoms with Gasteiger partial charge in [0, 0.05) is 36.3 Å². The van der Waals surface area contributed by atoms with E-state index in [4.69, 9.17) is 17.3 Å². The molecule has 5 rings (SSSR count). The molecule has 2 aliphatic carbocycles. The van der Waals surface area contributed by atoms with Gasteiger partial charge in [0.2, 0.25) is 5.91 Å². The number of nitrogens with two attached hydrogens (primary N) is 1. The average Bonchev–Trinajstić information content (AvgIpc) is 3.47. The molecule has 162 valence electrons. The van der Waals surface area contributed by atoms with Crippen LogP contribution in [0.1, 0.15) is 47.9 Å². The molecule has 2 N–H and O–H groups in total. The zero-order valence-corrected chi connectivity index (χ0v) is 18.7. The highest BCUT2D eigenvalue weighted by Crippen LogP contribution is 2.49. The fraction of sp³-hybridized carbons (Fsp3) is 0.440. The van der Waals surface area contributed by atoms with Gasteiger partial charge in [0.25, 0.3) is 0 Å². The summed E-state index contributed by atoms with van der Waals surface area (Å²) in [4.78, 5) is 22.4. The van der Waals surface area contributed by atoms with Crippen molar-refractivity contribution in [1.29, 1.82) is 0 Å². The van der Waals surface area contributed by atoms with Gasteiger partial charge in [0.15, 0.2) is 0 Å². The number of hydrogen-bond donors (Lipinski definition) is 1. The number of likely N-dealkylation sites (N-methyl/N-ethyl adjacent to an activating group) is 1. The Kier molecular flexibility index (Phi) is 5.49. The van der Waals surface area contributed by atoms with Gasteiger partial charge in [-0.1, -0.05) is 29.8 Å². The minimum Gasteiger partial charge on any atom is -0.360 e. The van der Waals surface area contributed by atoms with Crippen molar-refractivity contribution in [2.75, 3.05) is 31.6 Å². The van der Waals surface area contributed by atoms with Gasteiger partial charge >= 0.3 is 0 Å². The van der Waals surface area contributed by atoms with E-state index in [0.717, 1.165) is 55.3 Å². The van der Waals surface area contributed by atoms with Gasteiger partial charge in [0.1, 0.15) is 5.84 Å². The second-order valence-electron chi connectivity index (χ2n) is 9.03. The summed E-state index contributed by atoms with van der Waals surface area (Å²) >= 11 is 6.04. The van der Waals surface area contributed by atoms with Crippen molar-refractivity contribution in [1.82, 2.24) is 4.90 Å². The predicted molar refractivity (Wildman–Crippen MR) is 126 cm³/mol. The third-order valence-corrected chi connectivity index (χ3v) is 7.20. The van der Waals surface area contributed by atoms with Crippen molar-refractivity contribution in [3.05, 3.63) is 64.2 Å². The van der Waals surface area contributed by atoms with Crippen LogP contribution in [0.3, 0.4) is 0 Å². The van der Waals surface area contributed by atoms with E-state index >= 15 is 0 Å². The Morgan fingerprint density at radius 2 is 2.06 bits per heavy atom. The largest absolute Gasteiger partial charge is 0.360 e. The molecule has 3 aliphatic rings. The number of fused-ring (bicyclic) bond motifs is 1. The van der Waals surface area contributed by atoms with Crippen LogP contribution in [0.25, 0.3) is 0 Å². The molecule has 1 heterocycles. The topological polar surface area (TPSA) is 61.9 Å². The monoisotopic (exact) mass is 436 g/mol. The number of carbonyl (C=O) groups is 1. The highest BCUT2D eigenvalue weighted by Gasteiger charge is 2.46. The Bertz CT molecular complexity index is 1020. The molecular weight excluding hydrogens is 408 g/mol. The van der Waals surface area contributed by atoms with Crippen molar-refractivity contribution < 1.29 is 4.79 Å². The SMILES string of the molecule is CN1CCN=C1CN(C(=O)[C@H]1C[C@@H]1c1ccc(Cl)cc1)c1ccc2c(c1)C(N)CCC2. The van der Waals surface area contributed by atoms with Gasteiger partial charge in [-0.05, 0) is 72.6 Å². The molecule has 0 saturated heterocycles. The minimum absolute atomic E-state index is 0.00168. The lowest BCUT2D eigenvalue weighted by Gasteiger charge is -2.29. The lowest BCUT2D eigenvalue weighted by molar-refractivity contribution is -0.119. The number of anilines is 1. The zero-order valence-electron chi connectivity index (χ0n) is 17.9. The highest BCUT2D eigenvalue weighted by atomic mass is 35.5. The molecule has 1 aliphatic heterocycles. The smallest absolute Gasteiger partial charge is 0.231 e. The first-order valence-electron chi connectivity index (χ1n) is 11.2. The number of aliphatic imine (C=N–C) groups is 1. The molecule has 0 radical (unpaired) electrons. The van der Waals surface area contributed by atoms with Gasteiger partial charge in [-0.25, -0.2) is 0 Å². The lowest BCUT2D eigenvalue weighted by atomic mass is 9.88. The summed E-state index contributed by atoms with van der Waals surface area (Å²) in [5.74, 6) is 1.40. The summed E-state index contributed by atoms with van der Waals surface area (Å²) in [7, 11) is 2.05. The van der Waals surface area contributed by atoms with E-state index in [1.807, 2.05) is 36.2 Å². The van der Waals surface area contributed by atoms with Crippen LogP contribution >= 0.6 is 11.6 Å². The normalized spacial score (nSPS) is 24.5. The van der Waals surface area contributed by atoms with Crippen molar-refractivity contribution in [3.8, 4) is 0 Å². The summed E-state index contributed by atoms with van der Waals surface area (Å²) in [6.07, 6.45) is 4.07. The van der Waals surface area contributed by atoms with Crippen molar-refractivity contribution in [3.63, 3.8) is 0 Å². The second kappa shape index (κ2) is 8.29. The summed E-state index contributed by atoms with van der Waals surface area (Å²) in [5.41, 5.74) is 11.0. The highest BCUT2D eigenvalue weighted by molar-refractivity contribution is 6.30. The predicted octanol–water partition coefficient (Wildman–Crippen LogP) is 4.16. The molecule has 0 bridgehead atoms. The number of halogens is 1. The van der Waals surface area contributed by atoms with E-state index < -0.39 is 0 Å². The number of benzene rings is 2. The third kappa shape index (κ3) is 4.09. The number of rotatable bonds is 5. The van der Waals surface area contributed by atoms with Gasteiger partial charge in [-0.3, -0.25) is 9.79 Å².